The minimum absolute atomic E-state index is 0.0719. The molecule has 1 atom stereocenters. The molecule has 13 heteroatoms. The van der Waals surface area contributed by atoms with Crippen LogP contribution in [0.25, 0.3) is 0 Å². The Labute approximate surface area is 204 Å². The van der Waals surface area contributed by atoms with Gasteiger partial charge in [-0.3, -0.25) is 9.59 Å². The molecule has 1 fully saturated rings. The lowest BCUT2D eigenvalue weighted by molar-refractivity contribution is -0.138. The summed E-state index contributed by atoms with van der Waals surface area (Å²) in [5.74, 6) is -1.04. The van der Waals surface area contributed by atoms with E-state index < -0.39 is 33.7 Å². The van der Waals surface area contributed by atoms with Crippen molar-refractivity contribution in [3.63, 3.8) is 0 Å². The first-order valence-electron chi connectivity index (χ1n) is 9.97. The van der Waals surface area contributed by atoms with E-state index >= 15 is 0 Å². The van der Waals surface area contributed by atoms with Crippen LogP contribution in [-0.2, 0) is 32.3 Å². The molecule has 1 heterocycles. The zero-order valence-corrected chi connectivity index (χ0v) is 20.1. The molecule has 1 N–H and O–H groups in total. The normalized spacial score (nSPS) is 17.5. The van der Waals surface area contributed by atoms with E-state index in [0.29, 0.717) is 5.56 Å². The van der Waals surface area contributed by atoms with Gasteiger partial charge >= 0.3 is 6.18 Å². The smallest absolute Gasteiger partial charge is 0.351 e. The van der Waals surface area contributed by atoms with Crippen LogP contribution in [0.1, 0.15) is 18.1 Å². The number of carbonyl (C=O) groups is 2. The summed E-state index contributed by atoms with van der Waals surface area (Å²) in [5.41, 5.74) is -0.445. The highest BCUT2D eigenvalue weighted by atomic mass is 35.5. The van der Waals surface area contributed by atoms with Gasteiger partial charge in [-0.15, -0.1) is 0 Å². The Morgan fingerprint density at radius 1 is 1.09 bits per heavy atom. The fraction of sp³-hybridized carbons (Fsp3) is 0.333. The van der Waals surface area contributed by atoms with Crippen LogP contribution in [0.3, 0.4) is 0 Å². The van der Waals surface area contributed by atoms with Crippen LogP contribution in [0.4, 0.5) is 13.2 Å². The first-order chi connectivity index (χ1) is 15.8. The van der Waals surface area contributed by atoms with Gasteiger partial charge in [0.25, 0.3) is 0 Å². The van der Waals surface area contributed by atoms with Gasteiger partial charge < -0.3 is 10.2 Å². The number of nitrogens with zero attached hydrogens (tertiary/aromatic N) is 2. The van der Waals surface area contributed by atoms with Crippen molar-refractivity contribution in [2.45, 2.75) is 30.6 Å². The number of alkyl halides is 3. The van der Waals surface area contributed by atoms with E-state index in [1.807, 2.05) is 0 Å². The molecule has 0 aliphatic carbocycles. The zero-order valence-electron chi connectivity index (χ0n) is 17.8. The lowest BCUT2D eigenvalue weighted by atomic mass is 10.1. The monoisotopic (exact) mass is 537 g/mol. The Hall–Kier alpha value is -2.34. The average Bonchev–Trinajstić information content (AvgIpc) is 2.76. The maximum atomic E-state index is 13.3. The zero-order chi connectivity index (χ0) is 25.3. The Kier molecular flexibility index (Phi) is 7.81. The lowest BCUT2D eigenvalue weighted by Gasteiger charge is -2.39. The molecule has 0 bridgehead atoms. The standard InChI is InChI=1S/C21H20Cl2F3N3O4S/c1-13(30)28-8-9-29(34(32,33)19-7-6-16(22)10-17(19)23)18(12-28)20(31)27-11-14-2-4-15(5-3-14)21(24,25)26/h2-7,10,18H,8-9,11-12H2,1H3,(H,27,31). The maximum Gasteiger partial charge on any atom is 0.416 e. The molecule has 1 aliphatic rings. The number of nitrogens with one attached hydrogen (secondary N) is 1. The second-order valence-electron chi connectivity index (χ2n) is 7.58. The summed E-state index contributed by atoms with van der Waals surface area (Å²) in [5, 5.41) is 2.66. The Morgan fingerprint density at radius 2 is 1.74 bits per heavy atom. The van der Waals surface area contributed by atoms with Crippen molar-refractivity contribution in [3.8, 4) is 0 Å². The van der Waals surface area contributed by atoms with Gasteiger partial charge in [-0.05, 0) is 35.9 Å². The number of rotatable bonds is 5. The molecule has 0 saturated carbocycles. The molecule has 0 aromatic heterocycles. The minimum atomic E-state index is -4.49. The van der Waals surface area contributed by atoms with Crippen molar-refractivity contribution in [2.75, 3.05) is 19.6 Å². The van der Waals surface area contributed by atoms with E-state index in [0.717, 1.165) is 16.4 Å². The SMILES string of the molecule is CC(=O)N1CCN(S(=O)(=O)c2ccc(Cl)cc2Cl)C(C(=O)NCc2ccc(C(F)(F)F)cc2)C1. The van der Waals surface area contributed by atoms with Gasteiger partial charge in [0.05, 0.1) is 10.6 Å². The molecule has 2 aromatic carbocycles. The van der Waals surface area contributed by atoms with Crippen molar-refractivity contribution in [2.24, 2.45) is 0 Å². The van der Waals surface area contributed by atoms with Gasteiger partial charge in [-0.1, -0.05) is 35.3 Å². The largest absolute Gasteiger partial charge is 0.416 e. The second-order valence-corrected chi connectivity index (χ2v) is 10.3. The minimum Gasteiger partial charge on any atom is -0.351 e. The molecule has 34 heavy (non-hydrogen) atoms. The van der Waals surface area contributed by atoms with Gasteiger partial charge in [0.15, 0.2) is 0 Å². The number of amides is 2. The number of sulfonamides is 1. The van der Waals surface area contributed by atoms with Crippen LogP contribution < -0.4 is 5.32 Å². The van der Waals surface area contributed by atoms with E-state index in [-0.39, 0.29) is 47.0 Å². The molecule has 1 unspecified atom stereocenters. The fourth-order valence-electron chi connectivity index (χ4n) is 3.48. The number of hydrogen-bond acceptors (Lipinski definition) is 4. The molecular weight excluding hydrogens is 518 g/mol. The number of hydrogen-bond donors (Lipinski definition) is 1. The summed E-state index contributed by atoms with van der Waals surface area (Å²) in [6.07, 6.45) is -4.49. The van der Waals surface area contributed by atoms with Crippen LogP contribution in [0.2, 0.25) is 10.0 Å². The van der Waals surface area contributed by atoms with Crippen LogP contribution in [0.15, 0.2) is 47.4 Å². The fourth-order valence-corrected chi connectivity index (χ4v) is 5.80. The van der Waals surface area contributed by atoms with Crippen molar-refractivity contribution in [1.82, 2.24) is 14.5 Å². The summed E-state index contributed by atoms with van der Waals surface area (Å²) >= 11 is 11.9. The molecule has 0 spiro atoms. The molecule has 1 aliphatic heterocycles. The van der Waals surface area contributed by atoms with Crippen molar-refractivity contribution >= 4 is 45.0 Å². The van der Waals surface area contributed by atoms with E-state index in [1.165, 1.54) is 42.2 Å². The highest BCUT2D eigenvalue weighted by Gasteiger charge is 2.41. The summed E-state index contributed by atoms with van der Waals surface area (Å²) in [6.45, 7) is 0.890. The summed E-state index contributed by atoms with van der Waals surface area (Å²) in [7, 11) is -4.24. The highest BCUT2D eigenvalue weighted by molar-refractivity contribution is 7.89. The summed E-state index contributed by atoms with van der Waals surface area (Å²) < 4.78 is 65.8. The van der Waals surface area contributed by atoms with Crippen LogP contribution >= 0.6 is 23.2 Å². The predicted molar refractivity (Wildman–Crippen MR) is 120 cm³/mol. The topological polar surface area (TPSA) is 86.8 Å². The summed E-state index contributed by atoms with van der Waals surface area (Å²) in [4.78, 5) is 26.0. The highest BCUT2D eigenvalue weighted by Crippen LogP contribution is 2.30. The molecule has 2 amide bonds. The van der Waals surface area contributed by atoms with Gasteiger partial charge in [-0.25, -0.2) is 8.42 Å². The van der Waals surface area contributed by atoms with Gasteiger partial charge in [0, 0.05) is 38.1 Å². The molecular formula is C21H20Cl2F3N3O4S. The van der Waals surface area contributed by atoms with Crippen LogP contribution in [0, 0.1) is 0 Å². The van der Waals surface area contributed by atoms with Crippen molar-refractivity contribution in [3.05, 3.63) is 63.6 Å². The van der Waals surface area contributed by atoms with E-state index in [2.05, 4.69) is 5.32 Å². The lowest BCUT2D eigenvalue weighted by Crippen LogP contribution is -2.61. The Balaban J connectivity index is 1.83. The third-order valence-electron chi connectivity index (χ3n) is 5.31. The Morgan fingerprint density at radius 3 is 2.29 bits per heavy atom. The van der Waals surface area contributed by atoms with Gasteiger partial charge in [-0.2, -0.15) is 17.5 Å². The predicted octanol–water partition coefficient (Wildman–Crippen LogP) is 3.55. The van der Waals surface area contributed by atoms with Crippen LogP contribution in [-0.4, -0.2) is 55.1 Å². The number of benzene rings is 2. The third-order valence-corrected chi connectivity index (χ3v) is 7.93. The van der Waals surface area contributed by atoms with Crippen LogP contribution in [0.5, 0.6) is 0 Å². The van der Waals surface area contributed by atoms with Gasteiger partial charge in [0.1, 0.15) is 10.9 Å². The third kappa shape index (κ3) is 5.83. The quantitative estimate of drug-likeness (QED) is 0.631. The van der Waals surface area contributed by atoms with Crippen molar-refractivity contribution < 1.29 is 31.2 Å². The van der Waals surface area contributed by atoms with E-state index in [1.54, 1.807) is 0 Å². The molecule has 2 aromatic rings. The van der Waals surface area contributed by atoms with Crippen molar-refractivity contribution in [1.29, 1.82) is 0 Å². The number of carbonyl (C=O) groups excluding carboxylic acids is 2. The average molecular weight is 538 g/mol. The molecule has 184 valence electrons. The number of halogens is 5. The second kappa shape index (κ2) is 10.1. The molecule has 1 saturated heterocycles. The number of piperazine rings is 1. The molecule has 0 radical (unpaired) electrons. The molecule has 3 rings (SSSR count). The summed E-state index contributed by atoms with van der Waals surface area (Å²) in [6, 6.07) is 6.78. The molecule has 7 nitrogen and oxygen atoms in total. The van der Waals surface area contributed by atoms with Gasteiger partial charge in [0.2, 0.25) is 21.8 Å². The van der Waals surface area contributed by atoms with E-state index in [4.69, 9.17) is 23.2 Å². The first kappa shape index (κ1) is 26.3. The maximum absolute atomic E-state index is 13.3. The van der Waals surface area contributed by atoms with E-state index in [9.17, 15) is 31.2 Å². The Bertz CT molecular complexity index is 1190. The first-order valence-corrected chi connectivity index (χ1v) is 12.2.